The highest BCUT2D eigenvalue weighted by Crippen LogP contribution is 2.28. The highest BCUT2D eigenvalue weighted by Gasteiger charge is 2.23. The zero-order chi connectivity index (χ0) is 25.4. The van der Waals surface area contributed by atoms with Gasteiger partial charge in [-0.1, -0.05) is 66.7 Å². The predicted molar refractivity (Wildman–Crippen MR) is 135 cm³/mol. The number of carbonyl (C=O) groups excluding carboxylic acids is 2. The Labute approximate surface area is 208 Å². The topological polar surface area (TPSA) is 111 Å². The molecule has 0 atom stereocenters. The molecule has 2 N–H and O–H groups in total. The molecule has 4 aromatic carbocycles. The molecule has 0 aliphatic rings. The van der Waals surface area contributed by atoms with Gasteiger partial charge in [0, 0.05) is 17.4 Å². The Morgan fingerprint density at radius 3 is 1.94 bits per heavy atom. The highest BCUT2D eigenvalue weighted by molar-refractivity contribution is 7.87. The number of benzene rings is 4. The number of nitrogens with one attached hydrogen (secondary N) is 2. The van der Waals surface area contributed by atoms with Gasteiger partial charge in [-0.2, -0.15) is 8.42 Å². The van der Waals surface area contributed by atoms with Crippen LogP contribution in [-0.2, 0) is 21.5 Å². The predicted octanol–water partition coefficient (Wildman–Crippen LogP) is 5.46. The van der Waals surface area contributed by atoms with Gasteiger partial charge in [-0.25, -0.2) is 9.59 Å². The lowest BCUT2D eigenvalue weighted by molar-refractivity contribution is 0.0471. The summed E-state index contributed by atoms with van der Waals surface area (Å²) in [6.07, 6.45) is 0. The summed E-state index contributed by atoms with van der Waals surface area (Å²) < 4.78 is 36.4. The number of esters is 1. The second-order valence-electron chi connectivity index (χ2n) is 7.57. The Morgan fingerprint density at radius 1 is 0.694 bits per heavy atom. The van der Waals surface area contributed by atoms with Crippen LogP contribution in [0, 0.1) is 0 Å². The van der Waals surface area contributed by atoms with Crippen LogP contribution in [-0.4, -0.2) is 20.4 Å². The van der Waals surface area contributed by atoms with Gasteiger partial charge >= 0.3 is 22.1 Å². The lowest BCUT2D eigenvalue weighted by Crippen LogP contribution is -2.20. The van der Waals surface area contributed by atoms with Crippen LogP contribution in [0.3, 0.4) is 0 Å². The number of anilines is 2. The van der Waals surface area contributed by atoms with Crippen LogP contribution in [0.25, 0.3) is 0 Å². The van der Waals surface area contributed by atoms with Crippen molar-refractivity contribution < 1.29 is 26.9 Å². The molecule has 0 saturated heterocycles. The van der Waals surface area contributed by atoms with Crippen molar-refractivity contribution in [3.05, 3.63) is 120 Å². The van der Waals surface area contributed by atoms with Crippen molar-refractivity contribution in [3.63, 3.8) is 0 Å². The molecule has 4 aromatic rings. The Balaban J connectivity index is 1.58. The largest absolute Gasteiger partial charge is 0.457 e. The van der Waals surface area contributed by atoms with Crippen LogP contribution in [0.4, 0.5) is 16.2 Å². The van der Waals surface area contributed by atoms with Crippen molar-refractivity contribution in [2.24, 2.45) is 0 Å². The average molecular weight is 503 g/mol. The quantitative estimate of drug-likeness (QED) is 0.245. The summed E-state index contributed by atoms with van der Waals surface area (Å²) in [6, 6.07) is 28.8. The molecule has 182 valence electrons. The first-order valence-corrected chi connectivity index (χ1v) is 12.3. The summed E-state index contributed by atoms with van der Waals surface area (Å²) in [7, 11) is -4.27. The van der Waals surface area contributed by atoms with Crippen LogP contribution < -0.4 is 14.8 Å². The smallest absolute Gasteiger partial charge is 0.342 e. The lowest BCUT2D eigenvalue weighted by atomic mass is 10.2. The van der Waals surface area contributed by atoms with Crippen molar-refractivity contribution in [1.82, 2.24) is 0 Å². The molecule has 0 aliphatic carbocycles. The number of urea groups is 1. The normalized spacial score (nSPS) is 10.8. The molecule has 0 aliphatic heterocycles. The summed E-state index contributed by atoms with van der Waals surface area (Å²) in [5.41, 5.74) is 1.43. The van der Waals surface area contributed by atoms with Gasteiger partial charge in [0.2, 0.25) is 0 Å². The van der Waals surface area contributed by atoms with E-state index in [9.17, 15) is 18.0 Å². The van der Waals surface area contributed by atoms with Crippen LogP contribution in [0.5, 0.6) is 5.75 Å². The zero-order valence-corrected chi connectivity index (χ0v) is 19.8. The molecule has 36 heavy (non-hydrogen) atoms. The molecule has 0 unspecified atom stereocenters. The van der Waals surface area contributed by atoms with Crippen LogP contribution in [0.15, 0.2) is 114 Å². The van der Waals surface area contributed by atoms with Gasteiger partial charge in [0.15, 0.2) is 5.75 Å². The van der Waals surface area contributed by atoms with E-state index >= 15 is 0 Å². The second-order valence-corrected chi connectivity index (χ2v) is 9.11. The molecule has 0 fully saturated rings. The number of para-hydroxylation sites is 1. The SMILES string of the molecule is O=C(Nc1ccccc1)Nc1ccc(C(=O)OCc2ccccc2)c(OS(=O)(=O)c2ccccc2)c1. The molecular weight excluding hydrogens is 480 g/mol. The van der Waals surface area contributed by atoms with E-state index in [1.54, 1.807) is 54.6 Å². The standard InChI is InChI=1S/C27H22N2O6S/c30-26(34-19-20-10-4-1-5-11-20)24-17-16-22(29-27(31)28-21-12-6-2-7-13-21)18-25(24)35-36(32,33)23-14-8-3-9-15-23/h1-18H,19H2,(H2,28,29,31). The number of hydrogen-bond donors (Lipinski definition) is 2. The van der Waals surface area contributed by atoms with Crippen molar-refractivity contribution >= 4 is 33.5 Å². The summed E-state index contributed by atoms with van der Waals surface area (Å²) in [6.45, 7) is -0.00989. The summed E-state index contributed by atoms with van der Waals surface area (Å²) in [4.78, 5) is 25.2. The van der Waals surface area contributed by atoms with Gasteiger partial charge in [0.25, 0.3) is 0 Å². The van der Waals surface area contributed by atoms with Crippen LogP contribution >= 0.6 is 0 Å². The fourth-order valence-electron chi connectivity index (χ4n) is 3.21. The number of amides is 2. The van der Waals surface area contributed by atoms with Crippen molar-refractivity contribution in [3.8, 4) is 5.75 Å². The lowest BCUT2D eigenvalue weighted by Gasteiger charge is -2.14. The Hall–Kier alpha value is -4.63. The summed E-state index contributed by atoms with van der Waals surface area (Å²) in [5, 5.41) is 5.26. The van der Waals surface area contributed by atoms with E-state index in [4.69, 9.17) is 8.92 Å². The van der Waals surface area contributed by atoms with Crippen molar-refractivity contribution in [1.29, 1.82) is 0 Å². The van der Waals surface area contributed by atoms with Gasteiger partial charge in [-0.05, 0) is 42.0 Å². The first-order valence-electron chi connectivity index (χ1n) is 10.9. The van der Waals surface area contributed by atoms with Gasteiger partial charge in [-0.15, -0.1) is 0 Å². The molecular formula is C27H22N2O6S. The van der Waals surface area contributed by atoms with E-state index in [1.807, 2.05) is 24.3 Å². The summed E-state index contributed by atoms with van der Waals surface area (Å²) >= 11 is 0. The van der Waals surface area contributed by atoms with Gasteiger partial charge in [0.1, 0.15) is 17.1 Å². The molecule has 0 radical (unpaired) electrons. The third kappa shape index (κ3) is 6.49. The Morgan fingerprint density at radius 2 is 1.28 bits per heavy atom. The van der Waals surface area contributed by atoms with E-state index in [0.717, 1.165) is 5.56 Å². The maximum atomic E-state index is 12.9. The van der Waals surface area contributed by atoms with Gasteiger partial charge < -0.3 is 19.6 Å². The molecule has 0 heterocycles. The maximum Gasteiger partial charge on any atom is 0.342 e. The second kappa shape index (κ2) is 11.2. The maximum absolute atomic E-state index is 12.9. The molecule has 8 nitrogen and oxygen atoms in total. The Bertz CT molecular complexity index is 1440. The Kier molecular flexibility index (Phi) is 7.62. The van der Waals surface area contributed by atoms with Crippen molar-refractivity contribution in [2.75, 3.05) is 10.6 Å². The van der Waals surface area contributed by atoms with E-state index in [2.05, 4.69) is 10.6 Å². The fourth-order valence-corrected chi connectivity index (χ4v) is 4.17. The zero-order valence-electron chi connectivity index (χ0n) is 19.0. The molecule has 0 aromatic heterocycles. The third-order valence-electron chi connectivity index (χ3n) is 4.94. The fraction of sp³-hybridized carbons (Fsp3) is 0.0370. The number of ether oxygens (including phenoxy) is 1. The molecule has 0 spiro atoms. The van der Waals surface area contributed by atoms with Crippen molar-refractivity contribution in [2.45, 2.75) is 11.5 Å². The first kappa shape index (κ1) is 24.5. The minimum absolute atomic E-state index is 0.00989. The van der Waals surface area contributed by atoms with Gasteiger partial charge in [-0.3, -0.25) is 0 Å². The molecule has 0 bridgehead atoms. The van der Waals surface area contributed by atoms with Crippen LogP contribution in [0.1, 0.15) is 15.9 Å². The van der Waals surface area contributed by atoms with E-state index in [-0.39, 0.29) is 28.5 Å². The van der Waals surface area contributed by atoms with Crippen LogP contribution in [0.2, 0.25) is 0 Å². The number of carbonyl (C=O) groups is 2. The monoisotopic (exact) mass is 502 g/mol. The molecule has 2 amide bonds. The van der Waals surface area contributed by atoms with E-state index in [1.165, 1.54) is 30.3 Å². The minimum Gasteiger partial charge on any atom is -0.457 e. The highest BCUT2D eigenvalue weighted by atomic mass is 32.2. The van der Waals surface area contributed by atoms with Gasteiger partial charge in [0.05, 0.1) is 0 Å². The number of hydrogen-bond acceptors (Lipinski definition) is 6. The minimum atomic E-state index is -4.27. The van der Waals surface area contributed by atoms with E-state index < -0.39 is 22.1 Å². The molecule has 4 rings (SSSR count). The molecule has 0 saturated carbocycles. The molecule has 9 heteroatoms. The number of rotatable bonds is 8. The first-order chi connectivity index (χ1) is 17.4. The average Bonchev–Trinajstić information content (AvgIpc) is 2.89. The summed E-state index contributed by atoms with van der Waals surface area (Å²) in [5.74, 6) is -1.06. The third-order valence-corrected chi connectivity index (χ3v) is 6.18. The van der Waals surface area contributed by atoms with E-state index in [0.29, 0.717) is 5.69 Å².